The summed E-state index contributed by atoms with van der Waals surface area (Å²) in [6.07, 6.45) is 1.96. The fraction of sp³-hybridized carbons (Fsp3) is 0.467. The van der Waals surface area contributed by atoms with Crippen LogP contribution in [0.1, 0.15) is 26.2 Å². The van der Waals surface area contributed by atoms with Crippen molar-refractivity contribution in [2.24, 2.45) is 0 Å². The van der Waals surface area contributed by atoms with Crippen LogP contribution in [0.3, 0.4) is 0 Å². The molecule has 2 atom stereocenters. The number of carbonyl (C=O) groups is 2. The molecular formula is C15H16BrFN2O2. The van der Waals surface area contributed by atoms with Gasteiger partial charge in [0, 0.05) is 11.0 Å². The van der Waals surface area contributed by atoms with Gasteiger partial charge in [0.1, 0.15) is 17.9 Å². The zero-order chi connectivity index (χ0) is 15.1. The summed E-state index contributed by atoms with van der Waals surface area (Å²) in [5.41, 5.74) is 0.182. The third kappa shape index (κ3) is 2.25. The molecule has 1 aromatic rings. The number of nitrogens with zero attached hydrogens (tertiary/aromatic N) is 2. The maximum absolute atomic E-state index is 14.2. The minimum absolute atomic E-state index is 0.0704. The SMILES string of the molecule is CCC1C(=O)N2CCCC2C(=O)N1c1cc(Br)ccc1F. The summed E-state index contributed by atoms with van der Waals surface area (Å²) in [6.45, 7) is 2.47. The first-order chi connectivity index (χ1) is 10.0. The first-order valence-corrected chi connectivity index (χ1v) is 7.92. The van der Waals surface area contributed by atoms with E-state index in [1.54, 1.807) is 17.0 Å². The van der Waals surface area contributed by atoms with Crippen LogP contribution >= 0.6 is 15.9 Å². The molecule has 2 amide bonds. The van der Waals surface area contributed by atoms with Gasteiger partial charge in [-0.25, -0.2) is 4.39 Å². The van der Waals surface area contributed by atoms with Gasteiger partial charge < -0.3 is 4.90 Å². The number of piperazine rings is 1. The summed E-state index contributed by atoms with van der Waals surface area (Å²) in [5, 5.41) is 0. The quantitative estimate of drug-likeness (QED) is 0.819. The molecule has 2 heterocycles. The number of amides is 2. The van der Waals surface area contributed by atoms with Crippen molar-refractivity contribution in [1.29, 1.82) is 0 Å². The number of benzene rings is 1. The highest BCUT2D eigenvalue weighted by molar-refractivity contribution is 9.10. The van der Waals surface area contributed by atoms with E-state index in [0.29, 0.717) is 23.9 Å². The molecule has 2 saturated heterocycles. The number of hydrogen-bond donors (Lipinski definition) is 0. The lowest BCUT2D eigenvalue weighted by molar-refractivity contribution is -0.144. The largest absolute Gasteiger partial charge is 0.329 e. The van der Waals surface area contributed by atoms with E-state index in [9.17, 15) is 14.0 Å². The van der Waals surface area contributed by atoms with Crippen molar-refractivity contribution in [3.05, 3.63) is 28.5 Å². The Morgan fingerprint density at radius 3 is 2.81 bits per heavy atom. The third-order valence-corrected chi connectivity index (χ3v) is 4.70. The second-order valence-electron chi connectivity index (χ2n) is 5.42. The molecule has 0 spiro atoms. The predicted octanol–water partition coefficient (Wildman–Crippen LogP) is 2.70. The Morgan fingerprint density at radius 2 is 2.10 bits per heavy atom. The molecule has 0 N–H and O–H groups in total. The highest BCUT2D eigenvalue weighted by Gasteiger charge is 2.48. The maximum atomic E-state index is 14.2. The van der Waals surface area contributed by atoms with E-state index >= 15 is 0 Å². The van der Waals surface area contributed by atoms with Crippen molar-refractivity contribution in [2.75, 3.05) is 11.4 Å². The Labute approximate surface area is 131 Å². The lowest BCUT2D eigenvalue weighted by atomic mass is 10.0. The molecule has 0 bridgehead atoms. The molecule has 2 fully saturated rings. The van der Waals surface area contributed by atoms with Crippen LogP contribution in [0.5, 0.6) is 0 Å². The Bertz CT molecular complexity index is 607. The molecule has 0 aliphatic carbocycles. The molecule has 2 aliphatic heterocycles. The van der Waals surface area contributed by atoms with Gasteiger partial charge >= 0.3 is 0 Å². The molecule has 0 aromatic heterocycles. The number of anilines is 1. The Kier molecular flexibility index (Phi) is 3.73. The van der Waals surface area contributed by atoms with Crippen LogP contribution in [0.15, 0.2) is 22.7 Å². The van der Waals surface area contributed by atoms with Crippen molar-refractivity contribution in [1.82, 2.24) is 4.90 Å². The topological polar surface area (TPSA) is 40.6 Å². The summed E-state index contributed by atoms with van der Waals surface area (Å²) >= 11 is 3.30. The normalized spacial score (nSPS) is 25.5. The van der Waals surface area contributed by atoms with E-state index in [2.05, 4.69) is 15.9 Å². The van der Waals surface area contributed by atoms with Crippen LogP contribution in [0.4, 0.5) is 10.1 Å². The highest BCUT2D eigenvalue weighted by Crippen LogP contribution is 2.34. The average Bonchev–Trinajstić information content (AvgIpc) is 2.95. The Morgan fingerprint density at radius 1 is 1.33 bits per heavy atom. The minimum Gasteiger partial charge on any atom is -0.329 e. The number of fused-ring (bicyclic) bond motifs is 1. The highest BCUT2D eigenvalue weighted by atomic mass is 79.9. The van der Waals surface area contributed by atoms with Crippen LogP contribution in [0.2, 0.25) is 0 Å². The van der Waals surface area contributed by atoms with Crippen molar-refractivity contribution in [2.45, 2.75) is 38.3 Å². The molecule has 3 rings (SSSR count). The van der Waals surface area contributed by atoms with Gasteiger partial charge in [0.2, 0.25) is 5.91 Å². The summed E-state index contributed by atoms with van der Waals surface area (Å²) in [5.74, 6) is -0.723. The Balaban J connectivity index is 2.08. The second kappa shape index (κ2) is 5.40. The van der Waals surface area contributed by atoms with Crippen molar-refractivity contribution in [3.8, 4) is 0 Å². The molecule has 112 valence electrons. The van der Waals surface area contributed by atoms with Gasteiger partial charge in [-0.2, -0.15) is 0 Å². The van der Waals surface area contributed by atoms with Crippen LogP contribution in [0, 0.1) is 5.82 Å². The number of halogens is 2. The number of rotatable bonds is 2. The zero-order valence-electron chi connectivity index (χ0n) is 11.7. The van der Waals surface area contributed by atoms with Crippen LogP contribution in [-0.2, 0) is 9.59 Å². The van der Waals surface area contributed by atoms with Gasteiger partial charge in [0.15, 0.2) is 0 Å². The second-order valence-corrected chi connectivity index (χ2v) is 6.33. The van der Waals surface area contributed by atoms with E-state index in [-0.39, 0.29) is 17.5 Å². The molecule has 0 radical (unpaired) electrons. The first-order valence-electron chi connectivity index (χ1n) is 7.13. The van der Waals surface area contributed by atoms with Gasteiger partial charge in [0.05, 0.1) is 5.69 Å². The van der Waals surface area contributed by atoms with E-state index < -0.39 is 17.9 Å². The van der Waals surface area contributed by atoms with Gasteiger partial charge in [0.25, 0.3) is 5.91 Å². The molecule has 21 heavy (non-hydrogen) atoms. The third-order valence-electron chi connectivity index (χ3n) is 4.21. The van der Waals surface area contributed by atoms with Crippen molar-refractivity contribution >= 4 is 33.4 Å². The molecule has 4 nitrogen and oxygen atoms in total. The first kappa shape index (κ1) is 14.5. The maximum Gasteiger partial charge on any atom is 0.250 e. The van der Waals surface area contributed by atoms with Gasteiger partial charge in [-0.3, -0.25) is 14.5 Å². The van der Waals surface area contributed by atoms with Crippen LogP contribution in [0.25, 0.3) is 0 Å². The van der Waals surface area contributed by atoms with Crippen LogP contribution in [-0.4, -0.2) is 35.3 Å². The lowest BCUT2D eigenvalue weighted by Crippen LogP contribution is -2.63. The molecule has 2 unspecified atom stereocenters. The summed E-state index contributed by atoms with van der Waals surface area (Å²) < 4.78 is 14.9. The molecular weight excluding hydrogens is 339 g/mol. The van der Waals surface area contributed by atoms with Gasteiger partial charge in [-0.15, -0.1) is 0 Å². The van der Waals surface area contributed by atoms with Gasteiger partial charge in [-0.05, 0) is 37.5 Å². The van der Waals surface area contributed by atoms with Crippen LogP contribution < -0.4 is 4.90 Å². The number of carbonyl (C=O) groups excluding carboxylic acids is 2. The Hall–Kier alpha value is -1.43. The van der Waals surface area contributed by atoms with E-state index in [1.165, 1.54) is 11.0 Å². The summed E-state index contributed by atoms with van der Waals surface area (Å²) in [4.78, 5) is 28.3. The van der Waals surface area contributed by atoms with E-state index in [1.807, 2.05) is 6.92 Å². The predicted molar refractivity (Wildman–Crippen MR) is 80.4 cm³/mol. The van der Waals surface area contributed by atoms with E-state index in [4.69, 9.17) is 0 Å². The fourth-order valence-corrected chi connectivity index (χ4v) is 3.57. The summed E-state index contributed by atoms with van der Waals surface area (Å²) in [7, 11) is 0. The van der Waals surface area contributed by atoms with E-state index in [0.717, 1.165) is 6.42 Å². The van der Waals surface area contributed by atoms with Crippen molar-refractivity contribution in [3.63, 3.8) is 0 Å². The monoisotopic (exact) mass is 354 g/mol. The smallest absolute Gasteiger partial charge is 0.250 e. The molecule has 1 aromatic carbocycles. The minimum atomic E-state index is -0.615. The zero-order valence-corrected chi connectivity index (χ0v) is 13.3. The average molecular weight is 355 g/mol. The fourth-order valence-electron chi connectivity index (χ4n) is 3.22. The lowest BCUT2D eigenvalue weighted by Gasteiger charge is -2.42. The summed E-state index contributed by atoms with van der Waals surface area (Å²) in [6, 6.07) is 3.41. The number of hydrogen-bond acceptors (Lipinski definition) is 2. The molecule has 6 heteroatoms. The molecule has 0 saturated carbocycles. The molecule has 2 aliphatic rings. The van der Waals surface area contributed by atoms with Gasteiger partial charge in [-0.1, -0.05) is 22.9 Å². The standard InChI is InChI=1S/C15H16BrFN2O2/c1-2-11-14(20)18-7-3-4-12(18)15(21)19(11)13-8-9(16)5-6-10(13)17/h5-6,8,11-12H,2-4,7H2,1H3. The van der Waals surface area contributed by atoms with Crippen molar-refractivity contribution < 1.29 is 14.0 Å².